The van der Waals surface area contributed by atoms with E-state index in [1.54, 1.807) is 48.5 Å². The van der Waals surface area contributed by atoms with Crippen LogP contribution in [-0.2, 0) is 11.3 Å². The van der Waals surface area contributed by atoms with Gasteiger partial charge in [0.25, 0.3) is 0 Å². The molecule has 0 bridgehead atoms. The molecule has 0 saturated carbocycles. The third-order valence-electron chi connectivity index (χ3n) is 4.18. The lowest BCUT2D eigenvalue weighted by atomic mass is 10.2. The van der Waals surface area contributed by atoms with Crippen LogP contribution in [0.5, 0.6) is 0 Å². The minimum Gasteiger partial charge on any atom is -0.748 e. The van der Waals surface area contributed by atoms with Crippen LogP contribution in [-0.4, -0.2) is 46.8 Å². The number of aliphatic imine (C=N–C) groups is 1. The highest BCUT2D eigenvalue weighted by Crippen LogP contribution is 2.19. The third kappa shape index (κ3) is 5.23. The van der Waals surface area contributed by atoms with E-state index in [0.717, 1.165) is 10.6 Å². The summed E-state index contributed by atoms with van der Waals surface area (Å²) in [5, 5.41) is 21.3. The van der Waals surface area contributed by atoms with Gasteiger partial charge >= 0.3 is 6.03 Å². The maximum absolute atomic E-state index is 13.0. The highest BCUT2D eigenvalue weighted by atomic mass is 35.5. The van der Waals surface area contributed by atoms with E-state index in [2.05, 4.69) is 15.6 Å². The standard InChI is InChI=1S/C19H20ClN6O3/c1-21-17(27)11-12-24-19(28)23-18(22-16-5-3-2-4-6-16)25(26(24)29)13-14-7-9-15(20)10-8-14/h2-10H,11-13H2,1H3,(H,21,27)(H,22,23,28)/q-1. The SMILES string of the molecule is CNC(=O)CCN1C(=O)NC(=Nc2ccccc2)N(Cc2ccc(Cl)cc2)N1[O-]. The Morgan fingerprint density at radius 3 is 2.48 bits per heavy atom. The molecule has 1 saturated heterocycles. The number of guanidine groups is 1. The van der Waals surface area contributed by atoms with Crippen LogP contribution in [0.2, 0.25) is 5.02 Å². The Hall–Kier alpha value is -3.14. The van der Waals surface area contributed by atoms with E-state index >= 15 is 0 Å². The zero-order valence-corrected chi connectivity index (χ0v) is 16.5. The van der Waals surface area contributed by atoms with E-state index in [0.29, 0.717) is 16.0 Å². The number of amides is 3. The number of urea groups is 1. The number of carbonyl (C=O) groups excluding carboxylic acids is 2. The van der Waals surface area contributed by atoms with Gasteiger partial charge in [0.1, 0.15) is 0 Å². The predicted octanol–water partition coefficient (Wildman–Crippen LogP) is 2.62. The Morgan fingerprint density at radius 1 is 1.14 bits per heavy atom. The summed E-state index contributed by atoms with van der Waals surface area (Å²) in [6.45, 7) is 0.0633. The van der Waals surface area contributed by atoms with E-state index in [-0.39, 0.29) is 31.4 Å². The number of para-hydroxylation sites is 1. The Kier molecular flexibility index (Phi) is 6.65. The Labute approximate surface area is 173 Å². The molecule has 1 fully saturated rings. The maximum atomic E-state index is 13.0. The average Bonchev–Trinajstić information content (AvgIpc) is 2.72. The van der Waals surface area contributed by atoms with Gasteiger partial charge in [0.05, 0.1) is 12.2 Å². The van der Waals surface area contributed by atoms with Crippen molar-refractivity contribution in [2.45, 2.75) is 13.0 Å². The van der Waals surface area contributed by atoms with Crippen LogP contribution in [0.25, 0.3) is 0 Å². The van der Waals surface area contributed by atoms with Crippen LogP contribution in [0.4, 0.5) is 10.5 Å². The Morgan fingerprint density at radius 2 is 1.83 bits per heavy atom. The summed E-state index contributed by atoms with van der Waals surface area (Å²) in [6.07, 6.45) is -0.0113. The van der Waals surface area contributed by atoms with Gasteiger partial charge in [0.15, 0.2) is 0 Å². The predicted molar refractivity (Wildman–Crippen MR) is 110 cm³/mol. The molecule has 0 unspecified atom stereocenters. The average molecular weight is 416 g/mol. The summed E-state index contributed by atoms with van der Waals surface area (Å²) in [4.78, 5) is 28.4. The van der Waals surface area contributed by atoms with Gasteiger partial charge in [-0.15, -0.1) is 0 Å². The molecule has 10 heteroatoms. The van der Waals surface area contributed by atoms with E-state index < -0.39 is 6.03 Å². The minimum absolute atomic E-state index is 0.0113. The van der Waals surface area contributed by atoms with Crippen LogP contribution in [0.3, 0.4) is 0 Å². The molecule has 2 N–H and O–H groups in total. The van der Waals surface area contributed by atoms with Gasteiger partial charge in [-0.05, 0) is 29.8 Å². The van der Waals surface area contributed by atoms with E-state index in [4.69, 9.17) is 11.6 Å². The smallest absolute Gasteiger partial charge is 0.339 e. The number of carbonyl (C=O) groups is 2. The quantitative estimate of drug-likeness (QED) is 0.754. The molecule has 2 aromatic carbocycles. The minimum atomic E-state index is -0.661. The van der Waals surface area contributed by atoms with Crippen molar-refractivity contribution >= 4 is 35.2 Å². The molecule has 0 aromatic heterocycles. The van der Waals surface area contributed by atoms with Crippen LogP contribution >= 0.6 is 11.6 Å². The Bertz CT molecular complexity index is 891. The summed E-state index contributed by atoms with van der Waals surface area (Å²) in [5.74, 6) is -0.193. The van der Waals surface area contributed by atoms with Crippen LogP contribution in [0.1, 0.15) is 12.0 Å². The Balaban J connectivity index is 1.88. The summed E-state index contributed by atoms with van der Waals surface area (Å²) in [6, 6.07) is 15.3. The first kappa shape index (κ1) is 20.6. The molecule has 9 nitrogen and oxygen atoms in total. The number of hydrogen-bond donors (Lipinski definition) is 2. The topological polar surface area (TPSA) is 103 Å². The summed E-state index contributed by atoms with van der Waals surface area (Å²) >= 11 is 5.93. The molecule has 0 aliphatic carbocycles. The second-order valence-corrected chi connectivity index (χ2v) is 6.62. The van der Waals surface area contributed by atoms with Gasteiger partial charge in [-0.1, -0.05) is 41.9 Å². The molecule has 0 spiro atoms. The lowest BCUT2D eigenvalue weighted by Gasteiger charge is -2.50. The molecule has 0 radical (unpaired) electrons. The van der Waals surface area contributed by atoms with Gasteiger partial charge in [-0.3, -0.25) is 15.1 Å². The number of hydrazine groups is 2. The van der Waals surface area contributed by atoms with Gasteiger partial charge < -0.3 is 10.5 Å². The zero-order chi connectivity index (χ0) is 20.8. The molecule has 29 heavy (non-hydrogen) atoms. The van der Waals surface area contributed by atoms with Crippen LogP contribution < -0.4 is 10.6 Å². The van der Waals surface area contributed by atoms with Crippen molar-refractivity contribution in [3.05, 3.63) is 70.4 Å². The summed E-state index contributed by atoms with van der Waals surface area (Å²) < 4.78 is 0. The first-order chi connectivity index (χ1) is 14.0. The van der Waals surface area contributed by atoms with Crippen molar-refractivity contribution in [3.8, 4) is 0 Å². The highest BCUT2D eigenvalue weighted by Gasteiger charge is 2.30. The zero-order valence-electron chi connectivity index (χ0n) is 15.7. The molecule has 1 heterocycles. The number of nitrogens with zero attached hydrogens (tertiary/aromatic N) is 4. The summed E-state index contributed by atoms with van der Waals surface area (Å²) in [5.41, 5.74) is 1.37. The fourth-order valence-corrected chi connectivity index (χ4v) is 2.77. The van der Waals surface area contributed by atoms with Crippen molar-refractivity contribution in [2.75, 3.05) is 13.6 Å². The van der Waals surface area contributed by atoms with Gasteiger partial charge in [-0.25, -0.2) is 14.8 Å². The maximum Gasteiger partial charge on any atom is 0.339 e. The molecule has 3 amide bonds. The number of nitrogens with one attached hydrogen (secondary N) is 2. The molecule has 1 aliphatic heterocycles. The molecular formula is C19H20ClN6O3-. The number of halogens is 1. The number of rotatable bonds is 6. The second-order valence-electron chi connectivity index (χ2n) is 6.18. The van der Waals surface area contributed by atoms with Crippen molar-refractivity contribution < 1.29 is 9.59 Å². The highest BCUT2D eigenvalue weighted by molar-refractivity contribution is 6.30. The van der Waals surface area contributed by atoms with Crippen LogP contribution in [0, 0.1) is 5.21 Å². The van der Waals surface area contributed by atoms with Crippen molar-refractivity contribution in [1.82, 2.24) is 25.9 Å². The molecule has 1 aliphatic rings. The molecule has 152 valence electrons. The van der Waals surface area contributed by atoms with Crippen molar-refractivity contribution in [1.29, 1.82) is 0 Å². The van der Waals surface area contributed by atoms with E-state index in [9.17, 15) is 14.8 Å². The number of hydrogen-bond acceptors (Lipinski definition) is 5. The van der Waals surface area contributed by atoms with Gasteiger partial charge in [0.2, 0.25) is 11.9 Å². The molecule has 3 rings (SSSR count). The molecule has 2 aromatic rings. The summed E-state index contributed by atoms with van der Waals surface area (Å²) in [7, 11) is 1.49. The van der Waals surface area contributed by atoms with E-state index in [1.165, 1.54) is 12.1 Å². The third-order valence-corrected chi connectivity index (χ3v) is 4.43. The van der Waals surface area contributed by atoms with Gasteiger partial charge in [-0.2, -0.15) is 5.28 Å². The first-order valence-electron chi connectivity index (χ1n) is 8.90. The van der Waals surface area contributed by atoms with Crippen LogP contribution in [0.15, 0.2) is 59.6 Å². The first-order valence-corrected chi connectivity index (χ1v) is 9.27. The molecule has 0 atom stereocenters. The fraction of sp³-hybridized carbons (Fsp3) is 0.211. The second kappa shape index (κ2) is 9.37. The number of benzene rings is 2. The monoisotopic (exact) mass is 415 g/mol. The van der Waals surface area contributed by atoms with Crippen molar-refractivity contribution in [2.24, 2.45) is 4.99 Å². The lowest BCUT2D eigenvalue weighted by molar-refractivity contribution is -0.124. The normalized spacial score (nSPS) is 16.1. The van der Waals surface area contributed by atoms with Crippen molar-refractivity contribution in [3.63, 3.8) is 0 Å². The lowest BCUT2D eigenvalue weighted by Crippen LogP contribution is -2.66. The molecular weight excluding hydrogens is 396 g/mol. The largest absolute Gasteiger partial charge is 0.748 e. The van der Waals surface area contributed by atoms with Gasteiger partial charge in [0, 0.05) is 25.0 Å². The fourth-order valence-electron chi connectivity index (χ4n) is 2.64. The van der Waals surface area contributed by atoms with E-state index in [1.807, 2.05) is 6.07 Å².